The van der Waals surface area contributed by atoms with E-state index in [1.165, 1.54) is 70.6 Å². The third kappa shape index (κ3) is 28.5. The monoisotopic (exact) mass is 585 g/mol. The van der Waals surface area contributed by atoms with Crippen LogP contribution in [0.4, 0.5) is 4.79 Å². The van der Waals surface area contributed by atoms with Gasteiger partial charge >= 0.3 is 12.1 Å². The summed E-state index contributed by atoms with van der Waals surface area (Å²) in [7, 11) is 1.75. The summed E-state index contributed by atoms with van der Waals surface area (Å²) in [5, 5.41) is 0. The van der Waals surface area contributed by atoms with Gasteiger partial charge in [-0.2, -0.15) is 0 Å². The van der Waals surface area contributed by atoms with E-state index in [9.17, 15) is 9.59 Å². The van der Waals surface area contributed by atoms with Crippen LogP contribution in [0.15, 0.2) is 0 Å². The molecule has 0 aliphatic carbocycles. The first-order valence-corrected chi connectivity index (χ1v) is 17.3. The summed E-state index contributed by atoms with van der Waals surface area (Å²) in [6.07, 6.45) is 22.2. The Morgan fingerprint density at radius 2 is 1.15 bits per heavy atom. The molecule has 0 saturated heterocycles. The predicted molar refractivity (Wildman–Crippen MR) is 169 cm³/mol. The average molecular weight is 586 g/mol. The van der Waals surface area contributed by atoms with Crippen LogP contribution in [0.5, 0.6) is 0 Å². The maximum Gasteiger partial charge on any atom is 0.508 e. The second-order valence-corrected chi connectivity index (χ2v) is 11.4. The number of nitrogens with zero attached hydrogens (tertiary/aromatic N) is 1. The summed E-state index contributed by atoms with van der Waals surface area (Å²) in [6, 6.07) is 0. The summed E-state index contributed by atoms with van der Waals surface area (Å²) in [4.78, 5) is 26.9. The molecule has 7 nitrogen and oxygen atoms in total. The fourth-order valence-corrected chi connectivity index (χ4v) is 5.05. The quantitative estimate of drug-likeness (QED) is 0.0593. The molecule has 0 aliphatic rings. The van der Waals surface area contributed by atoms with Gasteiger partial charge in [0.2, 0.25) is 0 Å². The van der Waals surface area contributed by atoms with Crippen molar-refractivity contribution in [2.45, 2.75) is 162 Å². The topological polar surface area (TPSA) is 74.3 Å². The van der Waals surface area contributed by atoms with Crippen molar-refractivity contribution in [3.05, 3.63) is 0 Å². The molecule has 0 bridgehead atoms. The number of hydrogen-bond acceptors (Lipinski definition) is 7. The van der Waals surface area contributed by atoms with Gasteiger partial charge in [-0.3, -0.25) is 4.79 Å². The zero-order valence-electron chi connectivity index (χ0n) is 27.6. The van der Waals surface area contributed by atoms with E-state index in [0.29, 0.717) is 19.4 Å². The number of carbonyl (C=O) groups excluding carboxylic acids is 2. The number of methoxy groups -OCH3 is 1. The predicted octanol–water partition coefficient (Wildman–Crippen LogP) is 9.25. The molecule has 0 heterocycles. The van der Waals surface area contributed by atoms with Crippen LogP contribution in [0.3, 0.4) is 0 Å². The summed E-state index contributed by atoms with van der Waals surface area (Å²) in [5.41, 5.74) is 0. The second kappa shape index (κ2) is 31.6. The Labute approximate surface area is 253 Å². The van der Waals surface area contributed by atoms with Gasteiger partial charge in [-0.1, -0.05) is 111 Å². The normalized spacial score (nSPS) is 12.0. The highest BCUT2D eigenvalue weighted by Gasteiger charge is 2.17. The molecule has 0 aromatic rings. The minimum Gasteiger partial charge on any atom is -0.466 e. The Hall–Kier alpha value is -1.34. The van der Waals surface area contributed by atoms with Crippen molar-refractivity contribution in [2.75, 3.05) is 46.6 Å². The van der Waals surface area contributed by atoms with E-state index in [1.807, 2.05) is 0 Å². The molecule has 0 spiro atoms. The van der Waals surface area contributed by atoms with E-state index < -0.39 is 6.16 Å². The molecule has 244 valence electrons. The summed E-state index contributed by atoms with van der Waals surface area (Å²) < 4.78 is 21.6. The Kier molecular flexibility index (Phi) is 30.6. The molecular formula is C34H67NO6. The highest BCUT2D eigenvalue weighted by molar-refractivity contribution is 5.69. The number of unbranched alkanes of at least 4 members (excludes halogenated alkanes) is 15. The lowest BCUT2D eigenvalue weighted by molar-refractivity contribution is -0.144. The number of ether oxygens (including phenoxy) is 4. The Bertz CT molecular complexity index is 569. The van der Waals surface area contributed by atoms with Crippen LogP contribution in [-0.4, -0.2) is 69.7 Å². The van der Waals surface area contributed by atoms with Crippen LogP contribution in [0, 0.1) is 0 Å². The minimum atomic E-state index is -0.602. The van der Waals surface area contributed by atoms with Gasteiger partial charge in [0.25, 0.3) is 0 Å². The first-order valence-electron chi connectivity index (χ1n) is 17.3. The van der Waals surface area contributed by atoms with Crippen LogP contribution in [0.2, 0.25) is 0 Å². The van der Waals surface area contributed by atoms with Gasteiger partial charge in [-0.05, 0) is 45.2 Å². The minimum absolute atomic E-state index is 0.151. The first kappa shape index (κ1) is 39.7. The fraction of sp³-hybridized carbons (Fsp3) is 0.941. The van der Waals surface area contributed by atoms with Gasteiger partial charge in [-0.15, -0.1) is 0 Å². The van der Waals surface area contributed by atoms with Crippen LogP contribution >= 0.6 is 0 Å². The fourth-order valence-electron chi connectivity index (χ4n) is 5.05. The Morgan fingerprint density at radius 1 is 0.585 bits per heavy atom. The maximum atomic E-state index is 12.3. The molecule has 0 aromatic heterocycles. The lowest BCUT2D eigenvalue weighted by Crippen LogP contribution is -2.26. The highest BCUT2D eigenvalue weighted by atomic mass is 16.7. The zero-order valence-corrected chi connectivity index (χ0v) is 27.6. The van der Waals surface area contributed by atoms with Crippen molar-refractivity contribution in [3.8, 4) is 0 Å². The van der Waals surface area contributed by atoms with Gasteiger partial charge < -0.3 is 23.8 Å². The molecule has 0 rings (SSSR count). The van der Waals surface area contributed by atoms with Crippen molar-refractivity contribution < 1.29 is 28.5 Å². The lowest BCUT2D eigenvalue weighted by atomic mass is 10.0. The largest absolute Gasteiger partial charge is 0.508 e. The number of rotatable bonds is 31. The van der Waals surface area contributed by atoms with E-state index >= 15 is 0 Å². The van der Waals surface area contributed by atoms with Crippen LogP contribution in [-0.2, 0) is 23.7 Å². The van der Waals surface area contributed by atoms with Crippen molar-refractivity contribution in [3.63, 3.8) is 0 Å². The maximum absolute atomic E-state index is 12.3. The van der Waals surface area contributed by atoms with Crippen LogP contribution < -0.4 is 0 Å². The molecule has 0 aliphatic heterocycles. The summed E-state index contributed by atoms with van der Waals surface area (Å²) in [6.45, 7) is 10.9. The average Bonchev–Trinajstić information content (AvgIpc) is 2.97. The SMILES string of the molecule is CCCCCCCCCCCCC(CCOC(=O)CCCCCCCCCOC)OC(=O)OCCCN(CC)CC. The van der Waals surface area contributed by atoms with Crippen LogP contribution in [0.25, 0.3) is 0 Å². The molecule has 0 N–H and O–H groups in total. The Morgan fingerprint density at radius 3 is 1.73 bits per heavy atom. The van der Waals surface area contributed by atoms with E-state index in [1.54, 1.807) is 7.11 Å². The molecule has 41 heavy (non-hydrogen) atoms. The van der Waals surface area contributed by atoms with E-state index in [0.717, 1.165) is 77.6 Å². The summed E-state index contributed by atoms with van der Waals surface area (Å²) in [5.74, 6) is -0.151. The second-order valence-electron chi connectivity index (χ2n) is 11.4. The lowest BCUT2D eigenvalue weighted by Gasteiger charge is -2.19. The van der Waals surface area contributed by atoms with Crippen molar-refractivity contribution >= 4 is 12.1 Å². The third-order valence-electron chi connectivity index (χ3n) is 7.81. The van der Waals surface area contributed by atoms with Gasteiger partial charge in [0.1, 0.15) is 6.10 Å². The van der Waals surface area contributed by atoms with Crippen molar-refractivity contribution in [1.82, 2.24) is 4.90 Å². The van der Waals surface area contributed by atoms with Crippen molar-refractivity contribution in [2.24, 2.45) is 0 Å². The number of hydrogen-bond donors (Lipinski definition) is 0. The zero-order chi connectivity index (χ0) is 30.2. The molecular weight excluding hydrogens is 518 g/mol. The van der Waals surface area contributed by atoms with Crippen molar-refractivity contribution in [1.29, 1.82) is 0 Å². The molecule has 0 saturated carbocycles. The molecule has 0 radical (unpaired) electrons. The van der Waals surface area contributed by atoms with Gasteiger partial charge in [0.05, 0.1) is 13.2 Å². The molecule has 0 aromatic carbocycles. The standard InChI is InChI=1S/C34H67NO6/c1-5-8-9-10-11-12-13-15-18-21-25-32(41-34(37)40-30-24-28-35(6-2)7-3)27-31-39-33(36)26-22-19-16-14-17-20-23-29-38-4/h32H,5-31H2,1-4H3. The molecule has 1 atom stereocenters. The van der Waals surface area contributed by atoms with E-state index in [2.05, 4.69) is 25.7 Å². The summed E-state index contributed by atoms with van der Waals surface area (Å²) >= 11 is 0. The number of carbonyl (C=O) groups is 2. The Balaban J connectivity index is 4.22. The number of esters is 1. The smallest absolute Gasteiger partial charge is 0.466 e. The molecule has 1 unspecified atom stereocenters. The molecule has 0 amide bonds. The van der Waals surface area contributed by atoms with Crippen LogP contribution in [0.1, 0.15) is 156 Å². The van der Waals surface area contributed by atoms with Gasteiger partial charge in [-0.25, -0.2) is 4.79 Å². The first-order chi connectivity index (χ1) is 20.1. The molecule has 7 heteroatoms. The van der Waals surface area contributed by atoms with Gasteiger partial charge in [0, 0.05) is 33.1 Å². The van der Waals surface area contributed by atoms with Gasteiger partial charge in [0.15, 0.2) is 0 Å². The van der Waals surface area contributed by atoms with E-state index in [4.69, 9.17) is 18.9 Å². The third-order valence-corrected chi connectivity index (χ3v) is 7.81. The molecule has 0 fully saturated rings. The highest BCUT2D eigenvalue weighted by Crippen LogP contribution is 2.16. The van der Waals surface area contributed by atoms with E-state index in [-0.39, 0.29) is 18.7 Å².